The highest BCUT2D eigenvalue weighted by Crippen LogP contribution is 2.25. The first kappa shape index (κ1) is 32.4. The highest BCUT2D eigenvalue weighted by molar-refractivity contribution is 7.90. The lowest BCUT2D eigenvalue weighted by Crippen LogP contribution is -2.55. The van der Waals surface area contributed by atoms with E-state index >= 15 is 0 Å². The zero-order valence-electron chi connectivity index (χ0n) is 23.6. The average molecular weight is 620 g/mol. The minimum Gasteiger partial charge on any atom is -0.352 e. The molecular formula is C30H36Cl2N4O4S. The Morgan fingerprint density at radius 3 is 2.05 bits per heavy atom. The number of anilines is 1. The molecule has 2 unspecified atom stereocenters. The van der Waals surface area contributed by atoms with Gasteiger partial charge < -0.3 is 10.2 Å². The lowest BCUT2D eigenvalue weighted by atomic mass is 10.0. The lowest BCUT2D eigenvalue weighted by molar-refractivity contribution is -0.140. The highest BCUT2D eigenvalue weighted by atomic mass is 35.5. The molecule has 8 nitrogen and oxygen atoms in total. The molecule has 0 radical (unpaired) electrons. The molecule has 3 aromatic carbocycles. The molecule has 0 fully saturated rings. The van der Waals surface area contributed by atoms with Gasteiger partial charge in [0.05, 0.1) is 15.7 Å². The summed E-state index contributed by atoms with van der Waals surface area (Å²) in [5.74, 6) is -0.885. The summed E-state index contributed by atoms with van der Waals surface area (Å²) < 4.78 is 28.9. The maximum atomic E-state index is 14.2. The Morgan fingerprint density at radius 2 is 1.49 bits per heavy atom. The molecule has 0 saturated carbocycles. The van der Waals surface area contributed by atoms with Gasteiger partial charge in [0, 0.05) is 33.1 Å². The van der Waals surface area contributed by atoms with Crippen LogP contribution in [0.3, 0.4) is 0 Å². The minimum absolute atomic E-state index is 0.00574. The quantitative estimate of drug-likeness (QED) is 0.286. The van der Waals surface area contributed by atoms with E-state index in [2.05, 4.69) is 5.32 Å². The fourth-order valence-corrected chi connectivity index (χ4v) is 5.52. The van der Waals surface area contributed by atoms with Crippen molar-refractivity contribution >= 4 is 50.9 Å². The SMILES string of the molecule is CCC(C)NC(=O)C(Cc1ccccc1)N(Cc1ccc(Cl)c(Cl)c1)C(=O)CN(c1ccccc1)S(=O)(=O)N(C)C. The van der Waals surface area contributed by atoms with Crippen molar-refractivity contribution in [1.29, 1.82) is 0 Å². The molecule has 0 saturated heterocycles. The fourth-order valence-electron chi connectivity index (χ4n) is 4.14. The Kier molecular flexibility index (Phi) is 11.6. The van der Waals surface area contributed by atoms with Crippen molar-refractivity contribution in [3.63, 3.8) is 0 Å². The van der Waals surface area contributed by atoms with Crippen LogP contribution in [0.1, 0.15) is 31.4 Å². The maximum absolute atomic E-state index is 14.2. The van der Waals surface area contributed by atoms with Gasteiger partial charge >= 0.3 is 10.2 Å². The number of halogens is 2. The van der Waals surface area contributed by atoms with Crippen LogP contribution in [0.4, 0.5) is 5.69 Å². The van der Waals surface area contributed by atoms with E-state index in [0.29, 0.717) is 27.7 Å². The number of para-hydroxylation sites is 1. The molecule has 0 bridgehead atoms. The van der Waals surface area contributed by atoms with Crippen LogP contribution in [-0.2, 0) is 32.8 Å². The molecular weight excluding hydrogens is 583 g/mol. The molecule has 0 spiro atoms. The standard InChI is InChI=1S/C30H36Cl2N4O4S/c1-5-22(2)33-30(38)28(19-23-12-8-6-9-13-23)35(20-24-16-17-26(31)27(32)18-24)29(37)21-36(41(39,40)34(3)4)25-14-10-7-11-15-25/h6-18,22,28H,5,19-21H2,1-4H3,(H,33,38). The molecule has 0 aliphatic heterocycles. The van der Waals surface area contributed by atoms with E-state index in [1.807, 2.05) is 44.2 Å². The summed E-state index contributed by atoms with van der Waals surface area (Å²) in [6.07, 6.45) is 0.926. The predicted octanol–water partition coefficient (Wildman–Crippen LogP) is 5.16. The summed E-state index contributed by atoms with van der Waals surface area (Å²) in [6.45, 7) is 3.34. The van der Waals surface area contributed by atoms with Crippen LogP contribution >= 0.6 is 23.2 Å². The summed E-state index contributed by atoms with van der Waals surface area (Å²) in [7, 11) is -1.25. The zero-order valence-corrected chi connectivity index (χ0v) is 26.0. The number of carbonyl (C=O) groups is 2. The van der Waals surface area contributed by atoms with Crippen LogP contribution in [0.15, 0.2) is 78.9 Å². The van der Waals surface area contributed by atoms with Crippen LogP contribution in [0.5, 0.6) is 0 Å². The van der Waals surface area contributed by atoms with E-state index in [-0.39, 0.29) is 24.9 Å². The molecule has 3 aromatic rings. The summed E-state index contributed by atoms with van der Waals surface area (Å²) in [5, 5.41) is 3.67. The van der Waals surface area contributed by atoms with Gasteiger partial charge in [-0.3, -0.25) is 9.59 Å². The topological polar surface area (TPSA) is 90.0 Å². The second-order valence-electron chi connectivity index (χ2n) is 9.93. The van der Waals surface area contributed by atoms with Crippen LogP contribution in [0.2, 0.25) is 10.0 Å². The molecule has 0 heterocycles. The summed E-state index contributed by atoms with van der Waals surface area (Å²) in [6, 6.07) is 21.7. The van der Waals surface area contributed by atoms with Gasteiger partial charge in [-0.05, 0) is 48.7 Å². The number of hydrogen-bond donors (Lipinski definition) is 1. The molecule has 11 heteroatoms. The fraction of sp³-hybridized carbons (Fsp3) is 0.333. The van der Waals surface area contributed by atoms with Gasteiger partial charge in [-0.1, -0.05) is 84.7 Å². The molecule has 2 amide bonds. The second-order valence-corrected chi connectivity index (χ2v) is 12.8. The normalized spacial score (nSPS) is 13.0. The van der Waals surface area contributed by atoms with Gasteiger partial charge in [0.2, 0.25) is 11.8 Å². The van der Waals surface area contributed by atoms with Crippen molar-refractivity contribution in [1.82, 2.24) is 14.5 Å². The average Bonchev–Trinajstić information content (AvgIpc) is 2.95. The van der Waals surface area contributed by atoms with Crippen LogP contribution in [0, 0.1) is 0 Å². The van der Waals surface area contributed by atoms with E-state index in [4.69, 9.17) is 23.2 Å². The summed E-state index contributed by atoms with van der Waals surface area (Å²) in [5.41, 5.74) is 1.82. The number of carbonyl (C=O) groups excluding carboxylic acids is 2. The van der Waals surface area contributed by atoms with E-state index in [0.717, 1.165) is 14.2 Å². The first-order valence-corrected chi connectivity index (χ1v) is 15.4. The van der Waals surface area contributed by atoms with Gasteiger partial charge in [-0.2, -0.15) is 12.7 Å². The van der Waals surface area contributed by atoms with Crippen LogP contribution in [-0.4, -0.2) is 62.2 Å². The van der Waals surface area contributed by atoms with Crippen molar-refractivity contribution in [2.45, 2.75) is 45.3 Å². The van der Waals surface area contributed by atoms with E-state index in [1.165, 1.54) is 19.0 Å². The summed E-state index contributed by atoms with van der Waals surface area (Å²) >= 11 is 12.4. The van der Waals surface area contributed by atoms with Gasteiger partial charge in [-0.15, -0.1) is 0 Å². The largest absolute Gasteiger partial charge is 0.352 e. The number of rotatable bonds is 13. The van der Waals surface area contributed by atoms with Crippen molar-refractivity contribution in [3.05, 3.63) is 100 Å². The molecule has 220 valence electrons. The molecule has 0 aromatic heterocycles. The van der Waals surface area contributed by atoms with Gasteiger partial charge in [0.1, 0.15) is 12.6 Å². The third kappa shape index (κ3) is 8.69. The Labute approximate surface area is 253 Å². The van der Waals surface area contributed by atoms with Gasteiger partial charge in [0.25, 0.3) is 0 Å². The molecule has 0 aliphatic carbocycles. The van der Waals surface area contributed by atoms with Crippen molar-refractivity contribution in [3.8, 4) is 0 Å². The number of hydrogen-bond acceptors (Lipinski definition) is 4. The first-order chi connectivity index (χ1) is 19.4. The predicted molar refractivity (Wildman–Crippen MR) is 165 cm³/mol. The Balaban J connectivity index is 2.10. The Bertz CT molecular complexity index is 1420. The molecule has 0 aliphatic rings. The molecule has 2 atom stereocenters. The zero-order chi connectivity index (χ0) is 30.2. The molecule has 1 N–H and O–H groups in total. The Morgan fingerprint density at radius 1 is 0.878 bits per heavy atom. The monoisotopic (exact) mass is 618 g/mol. The van der Waals surface area contributed by atoms with Crippen molar-refractivity contribution < 1.29 is 18.0 Å². The number of benzene rings is 3. The van der Waals surface area contributed by atoms with E-state index < -0.39 is 28.7 Å². The third-order valence-electron chi connectivity index (χ3n) is 6.67. The Hall–Kier alpha value is -3.11. The second kappa shape index (κ2) is 14.7. The van der Waals surface area contributed by atoms with Crippen LogP contribution < -0.4 is 9.62 Å². The van der Waals surface area contributed by atoms with Gasteiger partial charge in [0.15, 0.2) is 0 Å². The smallest absolute Gasteiger partial charge is 0.304 e. The number of nitrogens with one attached hydrogen (secondary N) is 1. The maximum Gasteiger partial charge on any atom is 0.304 e. The third-order valence-corrected chi connectivity index (χ3v) is 9.23. The number of nitrogens with zero attached hydrogens (tertiary/aromatic N) is 3. The minimum atomic E-state index is -4.05. The highest BCUT2D eigenvalue weighted by Gasteiger charge is 2.35. The molecule has 3 rings (SSSR count). The van der Waals surface area contributed by atoms with E-state index in [9.17, 15) is 18.0 Å². The first-order valence-electron chi connectivity index (χ1n) is 13.3. The van der Waals surface area contributed by atoms with Crippen molar-refractivity contribution in [2.24, 2.45) is 0 Å². The van der Waals surface area contributed by atoms with E-state index in [1.54, 1.807) is 48.5 Å². The molecule has 41 heavy (non-hydrogen) atoms. The van der Waals surface area contributed by atoms with Crippen LogP contribution in [0.25, 0.3) is 0 Å². The lowest BCUT2D eigenvalue weighted by Gasteiger charge is -2.35. The van der Waals surface area contributed by atoms with Crippen molar-refractivity contribution in [2.75, 3.05) is 24.9 Å². The van der Waals surface area contributed by atoms with Gasteiger partial charge in [-0.25, -0.2) is 4.31 Å². The summed E-state index contributed by atoms with van der Waals surface area (Å²) in [4.78, 5) is 29.4. The number of amides is 2.